The van der Waals surface area contributed by atoms with Crippen LogP contribution in [0.3, 0.4) is 0 Å². The van der Waals surface area contributed by atoms with Crippen molar-refractivity contribution in [1.82, 2.24) is 15.5 Å². The molecule has 0 spiro atoms. The van der Waals surface area contributed by atoms with Crippen molar-refractivity contribution in [2.24, 2.45) is 0 Å². The molecule has 1 N–H and O–H groups in total. The Bertz CT molecular complexity index is 488. The van der Waals surface area contributed by atoms with E-state index in [2.05, 4.69) is 24.7 Å². The highest BCUT2D eigenvalue weighted by molar-refractivity contribution is 5.28. The predicted molar refractivity (Wildman–Crippen MR) is 62.6 cm³/mol. The molecular weight excluding hydrogens is 256 g/mol. The summed E-state index contributed by atoms with van der Waals surface area (Å²) in [6.45, 7) is -0.393. The number of benzene rings is 1. The third-order valence-corrected chi connectivity index (χ3v) is 2.58. The maximum atomic E-state index is 12.0. The van der Waals surface area contributed by atoms with E-state index in [1.165, 1.54) is 18.5 Å². The normalized spacial score (nSPS) is 12.6. The molecule has 1 atom stereocenters. The molecule has 0 amide bonds. The van der Waals surface area contributed by atoms with Crippen LogP contribution in [0.25, 0.3) is 0 Å². The van der Waals surface area contributed by atoms with Crippen LogP contribution in [-0.2, 0) is 6.54 Å². The molecular formula is C12H13F2N3O2. The van der Waals surface area contributed by atoms with E-state index >= 15 is 0 Å². The summed E-state index contributed by atoms with van der Waals surface area (Å²) in [5, 5.41) is 6.86. The standard InChI is InChI=1S/C12H13F2N3O2/c1-8(15-6-11-16-7-18-17-11)9-2-4-10(5-3-9)19-12(13)14/h2-5,7-8,12,15H,6H2,1H3. The molecule has 0 aliphatic heterocycles. The van der Waals surface area contributed by atoms with Crippen LogP contribution in [0.4, 0.5) is 8.78 Å². The molecule has 0 saturated carbocycles. The van der Waals surface area contributed by atoms with Gasteiger partial charge in [0.1, 0.15) is 5.75 Å². The molecule has 0 bridgehead atoms. The number of halogens is 2. The fourth-order valence-corrected chi connectivity index (χ4v) is 1.57. The molecule has 7 heteroatoms. The first-order chi connectivity index (χ1) is 9.15. The number of ether oxygens (including phenoxy) is 1. The van der Waals surface area contributed by atoms with Gasteiger partial charge in [-0.1, -0.05) is 17.3 Å². The number of rotatable bonds is 6. The Morgan fingerprint density at radius 1 is 1.32 bits per heavy atom. The lowest BCUT2D eigenvalue weighted by atomic mass is 10.1. The average molecular weight is 269 g/mol. The topological polar surface area (TPSA) is 60.2 Å². The summed E-state index contributed by atoms with van der Waals surface area (Å²) in [7, 11) is 0. The van der Waals surface area contributed by atoms with Gasteiger partial charge < -0.3 is 14.6 Å². The van der Waals surface area contributed by atoms with E-state index in [4.69, 9.17) is 0 Å². The second-order valence-electron chi connectivity index (χ2n) is 3.90. The van der Waals surface area contributed by atoms with Crippen molar-refractivity contribution in [2.75, 3.05) is 0 Å². The zero-order valence-corrected chi connectivity index (χ0v) is 10.2. The minimum Gasteiger partial charge on any atom is -0.435 e. The van der Waals surface area contributed by atoms with Gasteiger partial charge in [-0.3, -0.25) is 0 Å². The molecule has 2 aromatic rings. The Balaban J connectivity index is 1.90. The average Bonchev–Trinajstić information content (AvgIpc) is 2.89. The van der Waals surface area contributed by atoms with E-state index in [0.29, 0.717) is 12.4 Å². The molecule has 0 saturated heterocycles. The van der Waals surface area contributed by atoms with Crippen LogP contribution in [0.2, 0.25) is 0 Å². The van der Waals surface area contributed by atoms with E-state index < -0.39 is 6.61 Å². The van der Waals surface area contributed by atoms with Gasteiger partial charge in [0.05, 0.1) is 6.54 Å². The molecule has 0 radical (unpaired) electrons. The van der Waals surface area contributed by atoms with E-state index in [1.54, 1.807) is 12.1 Å². The number of aromatic nitrogens is 2. The predicted octanol–water partition coefficient (Wildman–Crippen LogP) is 2.52. The van der Waals surface area contributed by atoms with Crippen LogP contribution in [-0.4, -0.2) is 16.8 Å². The van der Waals surface area contributed by atoms with Crippen molar-refractivity contribution >= 4 is 0 Å². The lowest BCUT2D eigenvalue weighted by Gasteiger charge is -2.13. The Hall–Kier alpha value is -2.02. The third-order valence-electron chi connectivity index (χ3n) is 2.58. The number of hydrogen-bond acceptors (Lipinski definition) is 5. The van der Waals surface area contributed by atoms with Gasteiger partial charge in [0.15, 0.2) is 5.82 Å². The molecule has 19 heavy (non-hydrogen) atoms. The lowest BCUT2D eigenvalue weighted by Crippen LogP contribution is -2.18. The summed E-state index contributed by atoms with van der Waals surface area (Å²) in [6.07, 6.45) is 1.26. The van der Waals surface area contributed by atoms with Crippen molar-refractivity contribution in [3.05, 3.63) is 42.0 Å². The second-order valence-corrected chi connectivity index (χ2v) is 3.90. The lowest BCUT2D eigenvalue weighted by molar-refractivity contribution is -0.0498. The fraction of sp³-hybridized carbons (Fsp3) is 0.333. The highest BCUT2D eigenvalue weighted by Crippen LogP contribution is 2.19. The summed E-state index contributed by atoms with van der Waals surface area (Å²) in [5.41, 5.74) is 0.949. The number of hydrogen-bond donors (Lipinski definition) is 1. The molecule has 1 unspecified atom stereocenters. The highest BCUT2D eigenvalue weighted by Gasteiger charge is 2.08. The van der Waals surface area contributed by atoms with Gasteiger partial charge in [0.2, 0.25) is 6.39 Å². The van der Waals surface area contributed by atoms with Gasteiger partial charge in [-0.2, -0.15) is 13.8 Å². The van der Waals surface area contributed by atoms with E-state index in [1.807, 2.05) is 6.92 Å². The minimum absolute atomic E-state index is 0.0269. The van der Waals surface area contributed by atoms with Crippen LogP contribution in [0, 0.1) is 0 Å². The Labute approximate surface area is 108 Å². The molecule has 1 aromatic heterocycles. The first-order valence-corrected chi connectivity index (χ1v) is 5.68. The van der Waals surface area contributed by atoms with Crippen molar-refractivity contribution < 1.29 is 18.0 Å². The Morgan fingerprint density at radius 2 is 2.05 bits per heavy atom. The summed E-state index contributed by atoms with van der Waals surface area (Å²) in [6, 6.07) is 6.50. The van der Waals surface area contributed by atoms with Gasteiger partial charge in [-0.05, 0) is 24.6 Å². The Kier molecular flexibility index (Phi) is 4.40. The van der Waals surface area contributed by atoms with Gasteiger partial charge in [0, 0.05) is 6.04 Å². The molecule has 5 nitrogen and oxygen atoms in total. The summed E-state index contributed by atoms with van der Waals surface area (Å²) in [5.74, 6) is 0.702. The molecule has 1 heterocycles. The van der Waals surface area contributed by atoms with Crippen molar-refractivity contribution in [3.63, 3.8) is 0 Å². The summed E-state index contributed by atoms with van der Waals surface area (Å²) in [4.78, 5) is 3.89. The highest BCUT2D eigenvalue weighted by atomic mass is 19.3. The molecule has 2 rings (SSSR count). The molecule has 0 aliphatic rings. The Morgan fingerprint density at radius 3 is 2.63 bits per heavy atom. The molecule has 0 aliphatic carbocycles. The van der Waals surface area contributed by atoms with E-state index in [9.17, 15) is 8.78 Å². The van der Waals surface area contributed by atoms with Gasteiger partial charge >= 0.3 is 6.61 Å². The monoisotopic (exact) mass is 269 g/mol. The number of alkyl halides is 2. The second kappa shape index (κ2) is 6.24. The SMILES string of the molecule is CC(NCc1ncon1)c1ccc(OC(F)F)cc1. The first kappa shape index (κ1) is 13.4. The smallest absolute Gasteiger partial charge is 0.387 e. The van der Waals surface area contributed by atoms with Crippen LogP contribution < -0.4 is 10.1 Å². The molecule has 102 valence electrons. The van der Waals surface area contributed by atoms with Crippen LogP contribution in [0.1, 0.15) is 24.4 Å². The molecule has 1 aromatic carbocycles. The third kappa shape index (κ3) is 3.99. The van der Waals surface area contributed by atoms with Crippen molar-refractivity contribution in [1.29, 1.82) is 0 Å². The van der Waals surface area contributed by atoms with Crippen LogP contribution >= 0.6 is 0 Å². The van der Waals surface area contributed by atoms with Crippen LogP contribution in [0.15, 0.2) is 35.2 Å². The zero-order chi connectivity index (χ0) is 13.7. The van der Waals surface area contributed by atoms with Gasteiger partial charge in [-0.25, -0.2) is 0 Å². The summed E-state index contributed by atoms with van der Waals surface area (Å²) >= 11 is 0. The first-order valence-electron chi connectivity index (χ1n) is 5.68. The van der Waals surface area contributed by atoms with Crippen molar-refractivity contribution in [3.8, 4) is 5.75 Å². The van der Waals surface area contributed by atoms with Crippen LogP contribution in [0.5, 0.6) is 5.75 Å². The van der Waals surface area contributed by atoms with E-state index in [0.717, 1.165) is 5.56 Å². The number of nitrogens with one attached hydrogen (secondary N) is 1. The van der Waals surface area contributed by atoms with Gasteiger partial charge in [0.25, 0.3) is 0 Å². The molecule has 0 fully saturated rings. The van der Waals surface area contributed by atoms with Gasteiger partial charge in [-0.15, -0.1) is 0 Å². The number of nitrogens with zero attached hydrogens (tertiary/aromatic N) is 2. The van der Waals surface area contributed by atoms with Crippen molar-refractivity contribution in [2.45, 2.75) is 26.1 Å². The largest absolute Gasteiger partial charge is 0.435 e. The quantitative estimate of drug-likeness (QED) is 0.873. The summed E-state index contributed by atoms with van der Waals surface area (Å²) < 4.78 is 32.9. The maximum absolute atomic E-state index is 12.0. The maximum Gasteiger partial charge on any atom is 0.387 e. The zero-order valence-electron chi connectivity index (χ0n) is 10.2. The van der Waals surface area contributed by atoms with E-state index in [-0.39, 0.29) is 11.8 Å². The fourth-order valence-electron chi connectivity index (χ4n) is 1.57. The minimum atomic E-state index is -2.81.